The van der Waals surface area contributed by atoms with Gasteiger partial charge in [0.25, 0.3) is 0 Å². The summed E-state index contributed by atoms with van der Waals surface area (Å²) < 4.78 is 0. The van der Waals surface area contributed by atoms with E-state index < -0.39 is 0 Å². The fourth-order valence-corrected chi connectivity index (χ4v) is 4.98. The third-order valence-corrected chi connectivity index (χ3v) is 6.56. The molecule has 0 aliphatic heterocycles. The van der Waals surface area contributed by atoms with E-state index in [2.05, 4.69) is 34.2 Å². The van der Waals surface area contributed by atoms with Crippen LogP contribution >= 0.6 is 0 Å². The molecule has 0 radical (unpaired) electrons. The summed E-state index contributed by atoms with van der Waals surface area (Å²) in [6, 6.07) is 23.8. The summed E-state index contributed by atoms with van der Waals surface area (Å²) in [6.45, 7) is 3.81. The Kier molecular flexibility index (Phi) is 4.49. The number of nitrogens with zero attached hydrogens (tertiary/aromatic N) is 2. The summed E-state index contributed by atoms with van der Waals surface area (Å²) >= 11 is 0. The first-order valence-corrected chi connectivity index (χ1v) is 11.2. The number of hydrogen-bond acceptors (Lipinski definition) is 4. The Balaban J connectivity index is 1.93. The van der Waals surface area contributed by atoms with Crippen molar-refractivity contribution in [1.29, 1.82) is 0 Å². The number of fused-ring (bicyclic) bond motifs is 5. The number of hydrogen-bond donors (Lipinski definition) is 2. The first-order chi connectivity index (χ1) is 16.5. The third-order valence-electron chi connectivity index (χ3n) is 6.56. The van der Waals surface area contributed by atoms with E-state index >= 15 is 0 Å². The van der Waals surface area contributed by atoms with Gasteiger partial charge in [-0.1, -0.05) is 36.4 Å². The summed E-state index contributed by atoms with van der Waals surface area (Å²) in [4.78, 5) is 9.16. The number of phenols is 2. The van der Waals surface area contributed by atoms with E-state index in [9.17, 15) is 10.2 Å². The van der Waals surface area contributed by atoms with Crippen LogP contribution in [0, 0.1) is 13.8 Å². The van der Waals surface area contributed by atoms with Crippen LogP contribution in [0.2, 0.25) is 0 Å². The molecule has 0 saturated heterocycles. The Labute approximate surface area is 196 Å². The maximum Gasteiger partial charge on any atom is 0.128 e. The fourth-order valence-electron chi connectivity index (χ4n) is 4.98. The second-order valence-electron chi connectivity index (χ2n) is 8.69. The Hall–Kier alpha value is -4.44. The van der Waals surface area contributed by atoms with E-state index in [1.807, 2.05) is 62.4 Å². The molecule has 2 aromatic heterocycles. The Bertz CT molecular complexity index is 1600. The van der Waals surface area contributed by atoms with Crippen LogP contribution in [0.3, 0.4) is 0 Å². The predicted molar refractivity (Wildman–Crippen MR) is 138 cm³/mol. The average molecular weight is 443 g/mol. The predicted octanol–water partition coefficient (Wildman–Crippen LogP) is 7.30. The quantitative estimate of drug-likeness (QED) is 0.276. The smallest absolute Gasteiger partial charge is 0.128 e. The van der Waals surface area contributed by atoms with Crippen molar-refractivity contribution >= 4 is 32.3 Å². The number of aromatic hydroxyl groups is 2. The Morgan fingerprint density at radius 1 is 0.529 bits per heavy atom. The minimum atomic E-state index is 0.214. The second-order valence-corrected chi connectivity index (χ2v) is 8.69. The second kappa shape index (κ2) is 7.56. The molecular weight excluding hydrogens is 420 g/mol. The first kappa shape index (κ1) is 20.2. The van der Waals surface area contributed by atoms with Crippen molar-refractivity contribution in [1.82, 2.24) is 9.97 Å². The lowest BCUT2D eigenvalue weighted by atomic mass is 9.87. The summed E-state index contributed by atoms with van der Waals surface area (Å²) in [7, 11) is 0. The van der Waals surface area contributed by atoms with Gasteiger partial charge in [0.05, 0.1) is 22.5 Å². The van der Waals surface area contributed by atoms with Gasteiger partial charge in [0.15, 0.2) is 0 Å². The van der Waals surface area contributed by atoms with E-state index in [1.54, 1.807) is 12.4 Å². The largest absolute Gasteiger partial charge is 0.507 e. The molecule has 34 heavy (non-hydrogen) atoms. The molecule has 2 N–H and O–H groups in total. The zero-order valence-corrected chi connectivity index (χ0v) is 18.9. The summed E-state index contributed by atoms with van der Waals surface area (Å²) in [6.07, 6.45) is 3.47. The molecule has 6 rings (SSSR count). The molecule has 2 heterocycles. The number of aryl methyl sites for hydroxylation is 2. The molecule has 0 saturated carbocycles. The first-order valence-electron chi connectivity index (χ1n) is 11.2. The van der Waals surface area contributed by atoms with Crippen molar-refractivity contribution in [3.8, 4) is 34.0 Å². The van der Waals surface area contributed by atoms with E-state index in [-0.39, 0.29) is 11.5 Å². The van der Waals surface area contributed by atoms with Gasteiger partial charge in [-0.05, 0) is 82.9 Å². The molecule has 0 fully saturated rings. The van der Waals surface area contributed by atoms with Crippen molar-refractivity contribution in [2.24, 2.45) is 0 Å². The highest BCUT2D eigenvalue weighted by Crippen LogP contribution is 2.47. The van der Waals surface area contributed by atoms with E-state index in [1.165, 1.54) is 0 Å². The minimum Gasteiger partial charge on any atom is -0.507 e. The third kappa shape index (κ3) is 2.92. The SMILES string of the molecule is Cc1cc2ccc3ccc4cc(C)c(O)c(-c5ccccn5)c4c3c2c(-c2ccccn2)c1O. The van der Waals surface area contributed by atoms with Crippen LogP contribution in [0.4, 0.5) is 0 Å². The highest BCUT2D eigenvalue weighted by molar-refractivity contribution is 6.28. The summed E-state index contributed by atoms with van der Waals surface area (Å²) in [5.74, 6) is 0.429. The van der Waals surface area contributed by atoms with Crippen molar-refractivity contribution in [2.75, 3.05) is 0 Å². The molecule has 0 atom stereocenters. The van der Waals surface area contributed by atoms with Crippen molar-refractivity contribution < 1.29 is 10.2 Å². The zero-order chi connectivity index (χ0) is 23.4. The molecule has 4 aromatic carbocycles. The zero-order valence-electron chi connectivity index (χ0n) is 18.9. The van der Waals surface area contributed by atoms with Gasteiger partial charge >= 0.3 is 0 Å². The monoisotopic (exact) mass is 442 g/mol. The molecule has 0 spiro atoms. The fraction of sp³-hybridized carbons (Fsp3) is 0.0667. The molecule has 0 bridgehead atoms. The molecule has 6 aromatic rings. The average Bonchev–Trinajstić information content (AvgIpc) is 2.86. The Morgan fingerprint density at radius 2 is 0.971 bits per heavy atom. The Morgan fingerprint density at radius 3 is 1.38 bits per heavy atom. The number of phenolic OH excluding ortho intramolecular Hbond substituents is 2. The lowest BCUT2D eigenvalue weighted by Crippen LogP contribution is -1.93. The molecule has 0 aliphatic carbocycles. The van der Waals surface area contributed by atoms with Crippen molar-refractivity contribution in [3.63, 3.8) is 0 Å². The van der Waals surface area contributed by atoms with Crippen LogP contribution in [0.25, 0.3) is 54.8 Å². The lowest BCUT2D eigenvalue weighted by Gasteiger charge is -2.18. The summed E-state index contributed by atoms with van der Waals surface area (Å²) in [5.41, 5.74) is 4.37. The maximum atomic E-state index is 11.3. The highest BCUT2D eigenvalue weighted by Gasteiger charge is 2.21. The van der Waals surface area contributed by atoms with Crippen LogP contribution in [0.1, 0.15) is 11.1 Å². The van der Waals surface area contributed by atoms with Crippen molar-refractivity contribution in [3.05, 3.63) is 96.3 Å². The van der Waals surface area contributed by atoms with Gasteiger partial charge in [-0.25, -0.2) is 0 Å². The molecule has 0 amide bonds. The number of pyridine rings is 2. The van der Waals surface area contributed by atoms with E-state index in [0.717, 1.165) is 43.4 Å². The molecule has 0 aliphatic rings. The van der Waals surface area contributed by atoms with Gasteiger partial charge in [-0.3, -0.25) is 9.97 Å². The lowest BCUT2D eigenvalue weighted by molar-refractivity contribution is 0.473. The van der Waals surface area contributed by atoms with Gasteiger partial charge in [0.1, 0.15) is 11.5 Å². The van der Waals surface area contributed by atoms with Crippen LogP contribution in [-0.2, 0) is 0 Å². The molecule has 4 heteroatoms. The van der Waals surface area contributed by atoms with Crippen LogP contribution in [-0.4, -0.2) is 20.2 Å². The van der Waals surface area contributed by atoms with E-state index in [0.29, 0.717) is 22.5 Å². The molecule has 164 valence electrons. The normalized spacial score (nSPS) is 11.5. The topological polar surface area (TPSA) is 66.2 Å². The highest BCUT2D eigenvalue weighted by atomic mass is 16.3. The van der Waals surface area contributed by atoms with Gasteiger partial charge < -0.3 is 10.2 Å². The number of aromatic nitrogens is 2. The summed E-state index contributed by atoms with van der Waals surface area (Å²) in [5, 5.41) is 28.3. The van der Waals surface area contributed by atoms with Crippen LogP contribution < -0.4 is 0 Å². The van der Waals surface area contributed by atoms with Crippen molar-refractivity contribution in [2.45, 2.75) is 13.8 Å². The van der Waals surface area contributed by atoms with Gasteiger partial charge in [-0.2, -0.15) is 0 Å². The van der Waals surface area contributed by atoms with E-state index in [4.69, 9.17) is 0 Å². The van der Waals surface area contributed by atoms with Crippen LogP contribution in [0.15, 0.2) is 85.2 Å². The molecule has 4 nitrogen and oxygen atoms in total. The van der Waals surface area contributed by atoms with Gasteiger partial charge in [0.2, 0.25) is 0 Å². The minimum absolute atomic E-state index is 0.214. The molecule has 0 unspecified atom stereocenters. The maximum absolute atomic E-state index is 11.3. The standard InChI is InChI=1S/C30H22N2O2/c1-17-15-20-11-9-19-10-12-21-16-18(2)30(34)28(23-8-4-6-14-32-23)26(21)24(19)25(20)27(29(17)33)22-7-3-5-13-31-22/h3-16,33-34H,1-2H3. The van der Waals surface area contributed by atoms with Gasteiger partial charge in [-0.15, -0.1) is 0 Å². The van der Waals surface area contributed by atoms with Crippen LogP contribution in [0.5, 0.6) is 11.5 Å². The number of rotatable bonds is 2. The number of benzene rings is 4. The molecular formula is C30H22N2O2. The van der Waals surface area contributed by atoms with Gasteiger partial charge in [0, 0.05) is 23.2 Å².